The summed E-state index contributed by atoms with van der Waals surface area (Å²) >= 11 is 0. The molecule has 1 aliphatic carbocycles. The Morgan fingerprint density at radius 1 is 1.35 bits per heavy atom. The SMILES string of the molecule is Cn1cc(C(=O)C(=O)NC2CCCCC2)cn1. The van der Waals surface area contributed by atoms with Gasteiger partial charge in [-0.2, -0.15) is 5.10 Å². The van der Waals surface area contributed by atoms with E-state index in [4.69, 9.17) is 0 Å². The first-order chi connectivity index (χ1) is 8.16. The lowest BCUT2D eigenvalue weighted by Gasteiger charge is -2.22. The second kappa shape index (κ2) is 5.12. The normalized spacial score (nSPS) is 16.8. The Kier molecular flexibility index (Phi) is 3.56. The van der Waals surface area contributed by atoms with Crippen molar-refractivity contribution in [3.63, 3.8) is 0 Å². The Bertz CT molecular complexity index is 419. The average Bonchev–Trinajstić information content (AvgIpc) is 2.76. The summed E-state index contributed by atoms with van der Waals surface area (Å²) < 4.78 is 1.52. The van der Waals surface area contributed by atoms with Gasteiger partial charge in [0.1, 0.15) is 0 Å². The van der Waals surface area contributed by atoms with E-state index in [-0.39, 0.29) is 6.04 Å². The summed E-state index contributed by atoms with van der Waals surface area (Å²) in [7, 11) is 1.72. The number of hydrogen-bond acceptors (Lipinski definition) is 3. The van der Waals surface area contributed by atoms with Crippen LogP contribution in [0.25, 0.3) is 0 Å². The number of hydrogen-bond donors (Lipinski definition) is 1. The fraction of sp³-hybridized carbons (Fsp3) is 0.583. The Morgan fingerprint density at radius 3 is 2.65 bits per heavy atom. The summed E-state index contributed by atoms with van der Waals surface area (Å²) in [4.78, 5) is 23.5. The fourth-order valence-electron chi connectivity index (χ4n) is 2.17. The molecular weight excluding hydrogens is 218 g/mol. The number of ketones is 1. The van der Waals surface area contributed by atoms with Gasteiger partial charge in [0.2, 0.25) is 0 Å². The van der Waals surface area contributed by atoms with Gasteiger partial charge in [-0.1, -0.05) is 19.3 Å². The molecule has 1 aromatic rings. The summed E-state index contributed by atoms with van der Waals surface area (Å²) in [5.41, 5.74) is 0.348. The van der Waals surface area contributed by atoms with Crippen LogP contribution in [0, 0.1) is 0 Å². The molecule has 2 rings (SSSR count). The summed E-state index contributed by atoms with van der Waals surface area (Å²) in [6, 6.07) is 0.164. The van der Waals surface area contributed by atoms with Gasteiger partial charge in [-0.15, -0.1) is 0 Å². The highest BCUT2D eigenvalue weighted by atomic mass is 16.2. The van der Waals surface area contributed by atoms with Crippen LogP contribution < -0.4 is 5.32 Å². The highest BCUT2D eigenvalue weighted by Gasteiger charge is 2.22. The molecule has 1 N–H and O–H groups in total. The van der Waals surface area contributed by atoms with Crippen LogP contribution in [0.15, 0.2) is 12.4 Å². The van der Waals surface area contributed by atoms with Crippen LogP contribution >= 0.6 is 0 Å². The van der Waals surface area contributed by atoms with Gasteiger partial charge in [-0.3, -0.25) is 14.3 Å². The summed E-state index contributed by atoms with van der Waals surface area (Å²) in [6.07, 6.45) is 8.42. The van der Waals surface area contributed by atoms with E-state index in [9.17, 15) is 9.59 Å². The minimum absolute atomic E-state index is 0.164. The third kappa shape index (κ3) is 2.93. The largest absolute Gasteiger partial charge is 0.346 e. The minimum atomic E-state index is -0.509. The lowest BCUT2D eigenvalue weighted by atomic mass is 9.95. The van der Waals surface area contributed by atoms with Crippen molar-refractivity contribution in [2.45, 2.75) is 38.1 Å². The van der Waals surface area contributed by atoms with Gasteiger partial charge in [0, 0.05) is 19.3 Å². The molecule has 1 heterocycles. The van der Waals surface area contributed by atoms with E-state index in [1.54, 1.807) is 13.2 Å². The number of aryl methyl sites for hydroxylation is 1. The fourth-order valence-corrected chi connectivity index (χ4v) is 2.17. The number of rotatable bonds is 3. The van der Waals surface area contributed by atoms with Crippen molar-refractivity contribution in [3.8, 4) is 0 Å². The van der Waals surface area contributed by atoms with E-state index >= 15 is 0 Å². The van der Waals surface area contributed by atoms with Crippen LogP contribution in [0.3, 0.4) is 0 Å². The molecule has 0 aliphatic heterocycles. The first kappa shape index (κ1) is 11.8. The smallest absolute Gasteiger partial charge is 0.292 e. The molecule has 0 radical (unpaired) electrons. The number of aromatic nitrogens is 2. The number of carbonyl (C=O) groups excluding carboxylic acids is 2. The number of nitrogens with one attached hydrogen (secondary N) is 1. The molecule has 1 amide bonds. The number of amides is 1. The van der Waals surface area contributed by atoms with Crippen LogP contribution in [-0.4, -0.2) is 27.5 Å². The lowest BCUT2D eigenvalue weighted by molar-refractivity contribution is -0.117. The zero-order chi connectivity index (χ0) is 12.3. The van der Waals surface area contributed by atoms with Gasteiger partial charge in [0.05, 0.1) is 11.8 Å². The summed E-state index contributed by atoms with van der Waals surface area (Å²) in [5, 5.41) is 6.68. The van der Waals surface area contributed by atoms with E-state index in [1.165, 1.54) is 17.3 Å². The maximum absolute atomic E-state index is 11.8. The predicted octanol–water partition coefficient (Wildman–Crippen LogP) is 1.05. The molecule has 0 aromatic carbocycles. The van der Waals surface area contributed by atoms with Crippen molar-refractivity contribution in [2.24, 2.45) is 7.05 Å². The maximum atomic E-state index is 11.8. The zero-order valence-electron chi connectivity index (χ0n) is 9.98. The van der Waals surface area contributed by atoms with Gasteiger partial charge in [0.15, 0.2) is 0 Å². The second-order valence-corrected chi connectivity index (χ2v) is 4.54. The van der Waals surface area contributed by atoms with Crippen molar-refractivity contribution in [2.75, 3.05) is 0 Å². The summed E-state index contributed by atoms with van der Waals surface area (Å²) in [5.74, 6) is -1.01. The van der Waals surface area contributed by atoms with Crippen molar-refractivity contribution in [1.29, 1.82) is 0 Å². The minimum Gasteiger partial charge on any atom is -0.346 e. The molecule has 0 saturated heterocycles. The topological polar surface area (TPSA) is 64.0 Å². The number of nitrogens with zero attached hydrogens (tertiary/aromatic N) is 2. The van der Waals surface area contributed by atoms with Gasteiger partial charge in [-0.05, 0) is 12.8 Å². The third-order valence-corrected chi connectivity index (χ3v) is 3.11. The van der Waals surface area contributed by atoms with Gasteiger partial charge >= 0.3 is 0 Å². The van der Waals surface area contributed by atoms with Crippen molar-refractivity contribution < 1.29 is 9.59 Å². The standard InChI is InChI=1S/C12H17N3O2/c1-15-8-9(7-13-15)11(16)12(17)14-10-5-3-2-4-6-10/h7-8,10H,2-6H2,1H3,(H,14,17). The second-order valence-electron chi connectivity index (χ2n) is 4.54. The van der Waals surface area contributed by atoms with E-state index in [0.717, 1.165) is 25.7 Å². The van der Waals surface area contributed by atoms with E-state index in [2.05, 4.69) is 10.4 Å². The van der Waals surface area contributed by atoms with Crippen molar-refractivity contribution in [1.82, 2.24) is 15.1 Å². The number of carbonyl (C=O) groups is 2. The Balaban J connectivity index is 1.93. The molecular formula is C12H17N3O2. The van der Waals surface area contributed by atoms with Crippen molar-refractivity contribution >= 4 is 11.7 Å². The van der Waals surface area contributed by atoms with Gasteiger partial charge in [0.25, 0.3) is 11.7 Å². The predicted molar refractivity (Wildman–Crippen MR) is 62.6 cm³/mol. The maximum Gasteiger partial charge on any atom is 0.292 e. The molecule has 0 unspecified atom stereocenters. The monoisotopic (exact) mass is 235 g/mol. The first-order valence-electron chi connectivity index (χ1n) is 6.00. The molecule has 17 heavy (non-hydrogen) atoms. The molecule has 1 saturated carbocycles. The van der Waals surface area contributed by atoms with E-state index < -0.39 is 11.7 Å². The van der Waals surface area contributed by atoms with Crippen LogP contribution in [0.2, 0.25) is 0 Å². The highest BCUT2D eigenvalue weighted by Crippen LogP contribution is 2.17. The van der Waals surface area contributed by atoms with E-state index in [0.29, 0.717) is 5.56 Å². The third-order valence-electron chi connectivity index (χ3n) is 3.11. The molecule has 1 aliphatic rings. The van der Waals surface area contributed by atoms with E-state index in [1.807, 2.05) is 0 Å². The quantitative estimate of drug-likeness (QED) is 0.629. The molecule has 5 heteroatoms. The average molecular weight is 235 g/mol. The first-order valence-corrected chi connectivity index (χ1v) is 6.00. The van der Waals surface area contributed by atoms with Crippen LogP contribution in [0.1, 0.15) is 42.5 Å². The molecule has 0 atom stereocenters. The Labute approximate surface area is 100 Å². The number of Topliss-reactive ketones (excluding diaryl/α,β-unsaturated/α-hetero) is 1. The molecule has 92 valence electrons. The molecule has 0 spiro atoms. The zero-order valence-corrected chi connectivity index (χ0v) is 9.98. The summed E-state index contributed by atoms with van der Waals surface area (Å²) in [6.45, 7) is 0. The molecule has 5 nitrogen and oxygen atoms in total. The van der Waals surface area contributed by atoms with Gasteiger partial charge < -0.3 is 5.32 Å². The van der Waals surface area contributed by atoms with Crippen LogP contribution in [0.4, 0.5) is 0 Å². The van der Waals surface area contributed by atoms with Gasteiger partial charge in [-0.25, -0.2) is 0 Å². The van der Waals surface area contributed by atoms with Crippen LogP contribution in [-0.2, 0) is 11.8 Å². The molecule has 0 bridgehead atoms. The Morgan fingerprint density at radius 2 is 2.06 bits per heavy atom. The van der Waals surface area contributed by atoms with Crippen molar-refractivity contribution in [3.05, 3.63) is 18.0 Å². The Hall–Kier alpha value is -1.65. The lowest BCUT2D eigenvalue weighted by Crippen LogP contribution is -2.40. The molecule has 1 aromatic heterocycles. The van der Waals surface area contributed by atoms with Crippen LogP contribution in [0.5, 0.6) is 0 Å². The highest BCUT2D eigenvalue weighted by molar-refractivity contribution is 6.42. The molecule has 1 fully saturated rings.